The molecule has 2 aliphatic heterocycles. The standard InChI is InChI=1S/C22H23FN3O4P.Na/c1-30-31(29)18-5-3-2-4-16(18)24-21(25-31)19-20(27)15-12-14(23)8-9-17(15)26(22(19)28)11-10-13-6-7-13;/h2-5,8-9,12-13,19-20,27H,6-7,10-11H2,1H3,(H,24,25,29);. The first kappa shape index (κ1) is 23.6. The minimum Gasteiger partial charge on any atom is -0.387 e. The van der Waals surface area contributed by atoms with E-state index in [1.54, 1.807) is 29.2 Å². The Hall–Kier alpha value is -1.54. The van der Waals surface area contributed by atoms with Gasteiger partial charge in [0.05, 0.1) is 17.1 Å². The number of nitrogens with one attached hydrogen (secondary N) is 1. The van der Waals surface area contributed by atoms with E-state index in [9.17, 15) is 18.9 Å². The molecule has 163 valence electrons. The van der Waals surface area contributed by atoms with Gasteiger partial charge in [0.25, 0.3) is 0 Å². The van der Waals surface area contributed by atoms with Crippen molar-refractivity contribution in [1.29, 1.82) is 0 Å². The van der Waals surface area contributed by atoms with Crippen LogP contribution in [0.2, 0.25) is 0 Å². The number of benzene rings is 2. The van der Waals surface area contributed by atoms with Crippen LogP contribution < -0.4 is 15.5 Å². The molecule has 1 fully saturated rings. The van der Waals surface area contributed by atoms with Gasteiger partial charge in [-0.2, -0.15) is 4.76 Å². The van der Waals surface area contributed by atoms with Crippen molar-refractivity contribution < 1.29 is 23.4 Å². The summed E-state index contributed by atoms with van der Waals surface area (Å²) in [5.41, 5.74) is 1.32. The Morgan fingerprint density at radius 1 is 1.28 bits per heavy atom. The van der Waals surface area contributed by atoms with Crippen molar-refractivity contribution in [2.24, 2.45) is 16.6 Å². The maximum absolute atomic E-state index is 14.0. The molecule has 0 spiro atoms. The summed E-state index contributed by atoms with van der Waals surface area (Å²) in [5.74, 6) is -1.36. The molecule has 0 bridgehead atoms. The molecule has 1 saturated carbocycles. The number of amides is 1. The van der Waals surface area contributed by atoms with Gasteiger partial charge < -0.3 is 19.8 Å². The first-order valence-electron chi connectivity index (χ1n) is 10.3. The molecule has 0 aromatic heterocycles. The quantitative estimate of drug-likeness (QED) is 0.522. The summed E-state index contributed by atoms with van der Waals surface area (Å²) in [6, 6.07) is 10.9. The van der Waals surface area contributed by atoms with Gasteiger partial charge in [-0.3, -0.25) is 9.36 Å². The molecule has 1 aliphatic carbocycles. The number of carbonyl (C=O) groups is 1. The van der Waals surface area contributed by atoms with E-state index in [2.05, 4.69) is 10.1 Å². The number of anilines is 2. The molecular formula is C22H23FN3NaO4P. The van der Waals surface area contributed by atoms with E-state index in [-0.39, 0.29) is 41.3 Å². The molecule has 2 N–H and O–H groups in total. The smallest absolute Gasteiger partial charge is 0.348 e. The molecule has 2 aromatic rings. The van der Waals surface area contributed by atoms with Gasteiger partial charge in [-0.25, -0.2) is 4.39 Å². The largest absolute Gasteiger partial charge is 0.387 e. The Bertz CT molecular complexity index is 1140. The zero-order chi connectivity index (χ0) is 21.8. The summed E-state index contributed by atoms with van der Waals surface area (Å²) in [6.45, 7) is 0.469. The first-order valence-corrected chi connectivity index (χ1v) is 11.9. The Kier molecular flexibility index (Phi) is 6.65. The van der Waals surface area contributed by atoms with Gasteiger partial charge in [0.1, 0.15) is 17.6 Å². The van der Waals surface area contributed by atoms with Crippen LogP contribution in [0.25, 0.3) is 0 Å². The monoisotopic (exact) mass is 466 g/mol. The average Bonchev–Trinajstić information content (AvgIpc) is 3.59. The predicted octanol–water partition coefficient (Wildman–Crippen LogP) is 3.23. The number of aliphatic hydroxyl groups excluding tert-OH is 1. The summed E-state index contributed by atoms with van der Waals surface area (Å²) < 4.78 is 36.9. The number of para-hydroxylation sites is 1. The van der Waals surface area contributed by atoms with Crippen molar-refractivity contribution >= 4 is 65.5 Å². The van der Waals surface area contributed by atoms with Gasteiger partial charge in [-0.1, -0.05) is 25.0 Å². The molecule has 2 heterocycles. The molecule has 7 nitrogen and oxygen atoms in total. The van der Waals surface area contributed by atoms with Crippen LogP contribution in [0.15, 0.2) is 47.2 Å². The molecule has 0 saturated heterocycles. The van der Waals surface area contributed by atoms with Crippen LogP contribution >= 0.6 is 7.52 Å². The second-order valence-electron chi connectivity index (χ2n) is 8.18. The number of amidine groups is 1. The van der Waals surface area contributed by atoms with Crippen LogP contribution in [-0.2, 0) is 13.9 Å². The van der Waals surface area contributed by atoms with Gasteiger partial charge in [0, 0.05) is 54.5 Å². The van der Waals surface area contributed by atoms with E-state index in [4.69, 9.17) is 4.52 Å². The Labute approximate surface area is 207 Å². The fourth-order valence-electron chi connectivity index (χ4n) is 4.29. The number of fused-ring (bicyclic) bond motifs is 2. The van der Waals surface area contributed by atoms with E-state index >= 15 is 0 Å². The predicted molar refractivity (Wildman–Crippen MR) is 122 cm³/mol. The number of hydrogen-bond donors (Lipinski definition) is 2. The van der Waals surface area contributed by atoms with E-state index < -0.39 is 25.4 Å². The summed E-state index contributed by atoms with van der Waals surface area (Å²) >= 11 is 0. The van der Waals surface area contributed by atoms with Crippen molar-refractivity contribution in [3.05, 3.63) is 53.8 Å². The molecule has 5 rings (SSSR count). The van der Waals surface area contributed by atoms with Gasteiger partial charge in [-0.15, -0.1) is 0 Å². The molecular weight excluding hydrogens is 443 g/mol. The van der Waals surface area contributed by atoms with Gasteiger partial charge in [-0.05, 0) is 42.7 Å². The Morgan fingerprint density at radius 3 is 2.75 bits per heavy atom. The molecule has 2 aromatic carbocycles. The van der Waals surface area contributed by atoms with Crippen LogP contribution in [0.1, 0.15) is 30.9 Å². The SMILES string of the molecule is COP1(=O)N=C(C2C(=O)N(CCC3CC3)c3ccc(F)cc3C2O)Nc2ccccc21.[Na]. The zero-order valence-electron chi connectivity index (χ0n) is 18.0. The normalized spacial score (nSPS) is 26.4. The van der Waals surface area contributed by atoms with Crippen molar-refractivity contribution in [3.63, 3.8) is 0 Å². The number of rotatable bonds is 5. The van der Waals surface area contributed by atoms with Crippen molar-refractivity contribution in [3.8, 4) is 0 Å². The molecule has 1 radical (unpaired) electrons. The van der Waals surface area contributed by atoms with Gasteiger partial charge in [0.2, 0.25) is 5.91 Å². The van der Waals surface area contributed by atoms with Crippen molar-refractivity contribution in [2.75, 3.05) is 23.9 Å². The second-order valence-corrected chi connectivity index (χ2v) is 10.3. The Morgan fingerprint density at radius 2 is 2.03 bits per heavy atom. The number of nitrogens with zero attached hydrogens (tertiary/aromatic N) is 2. The van der Waals surface area contributed by atoms with Gasteiger partial charge >= 0.3 is 7.52 Å². The summed E-state index contributed by atoms with van der Waals surface area (Å²) in [6.07, 6.45) is 1.79. The molecule has 1 amide bonds. The third-order valence-corrected chi connectivity index (χ3v) is 8.13. The van der Waals surface area contributed by atoms with Crippen LogP contribution in [0.3, 0.4) is 0 Å². The summed E-state index contributed by atoms with van der Waals surface area (Å²) in [4.78, 5) is 15.1. The molecule has 32 heavy (non-hydrogen) atoms. The van der Waals surface area contributed by atoms with E-state index in [1.165, 1.54) is 25.3 Å². The topological polar surface area (TPSA) is 91.2 Å². The maximum atomic E-state index is 14.0. The second kappa shape index (κ2) is 9.01. The number of carbonyl (C=O) groups excluding carboxylic acids is 1. The molecule has 3 atom stereocenters. The molecule has 10 heteroatoms. The third kappa shape index (κ3) is 4.09. The summed E-state index contributed by atoms with van der Waals surface area (Å²) in [5, 5.41) is 14.6. The fourth-order valence-corrected chi connectivity index (χ4v) is 5.84. The zero-order valence-corrected chi connectivity index (χ0v) is 20.9. The average molecular weight is 466 g/mol. The van der Waals surface area contributed by atoms with Crippen molar-refractivity contribution in [2.45, 2.75) is 25.4 Å². The van der Waals surface area contributed by atoms with E-state index in [0.29, 0.717) is 34.7 Å². The van der Waals surface area contributed by atoms with Crippen LogP contribution in [-0.4, -0.2) is 60.1 Å². The number of aliphatic hydroxyl groups is 1. The van der Waals surface area contributed by atoms with E-state index in [1.807, 2.05) is 0 Å². The Balaban J connectivity index is 0.00000245. The fraction of sp³-hybridized carbons (Fsp3) is 0.364. The first-order chi connectivity index (χ1) is 14.9. The maximum Gasteiger partial charge on any atom is 0.348 e. The van der Waals surface area contributed by atoms with Crippen LogP contribution in [0.5, 0.6) is 0 Å². The number of halogens is 1. The minimum atomic E-state index is -3.63. The molecule has 3 aliphatic rings. The van der Waals surface area contributed by atoms with Crippen LogP contribution in [0, 0.1) is 17.7 Å². The number of hydrogen-bond acceptors (Lipinski definition) is 5. The van der Waals surface area contributed by atoms with Crippen LogP contribution in [0.4, 0.5) is 15.8 Å². The summed E-state index contributed by atoms with van der Waals surface area (Å²) in [7, 11) is -2.32. The van der Waals surface area contributed by atoms with Crippen molar-refractivity contribution in [1.82, 2.24) is 0 Å². The minimum absolute atomic E-state index is 0. The van der Waals surface area contributed by atoms with E-state index in [0.717, 1.165) is 19.3 Å². The van der Waals surface area contributed by atoms with Gasteiger partial charge in [0.15, 0.2) is 0 Å². The third-order valence-electron chi connectivity index (χ3n) is 6.16. The molecule has 3 unspecified atom stereocenters.